The average Bonchev–Trinajstić information content (AvgIpc) is 2.68. The largest absolute Gasteiger partial charge is 0.422 e. The predicted molar refractivity (Wildman–Crippen MR) is 106 cm³/mol. The molecule has 0 N–H and O–H groups in total. The highest BCUT2D eigenvalue weighted by molar-refractivity contribution is 7.99. The molecule has 0 unspecified atom stereocenters. The van der Waals surface area contributed by atoms with Gasteiger partial charge in [0.15, 0.2) is 5.16 Å². The summed E-state index contributed by atoms with van der Waals surface area (Å²) in [6.07, 6.45) is 0. The van der Waals surface area contributed by atoms with E-state index in [-0.39, 0.29) is 5.56 Å². The summed E-state index contributed by atoms with van der Waals surface area (Å²) >= 11 is 7.38. The van der Waals surface area contributed by atoms with Crippen LogP contribution in [0.15, 0.2) is 72.8 Å². The summed E-state index contributed by atoms with van der Waals surface area (Å²) in [7, 11) is 0. The minimum absolute atomic E-state index is 0.270. The first-order valence-corrected chi connectivity index (χ1v) is 9.43. The zero-order valence-corrected chi connectivity index (χ0v) is 15.3. The van der Waals surface area contributed by atoms with E-state index < -0.39 is 5.63 Å². The van der Waals surface area contributed by atoms with E-state index in [1.807, 2.05) is 6.07 Å². The molecule has 6 nitrogen and oxygen atoms in total. The summed E-state index contributed by atoms with van der Waals surface area (Å²) in [5.41, 5.74) is 1.07. The molecule has 0 atom stereocenters. The summed E-state index contributed by atoms with van der Waals surface area (Å²) in [6.45, 7) is 0. The molecule has 4 aromatic rings. The van der Waals surface area contributed by atoms with Gasteiger partial charge in [-0.05, 0) is 36.4 Å². The van der Waals surface area contributed by atoms with Gasteiger partial charge in [-0.2, -0.15) is 9.78 Å². The highest BCUT2D eigenvalue weighted by Gasteiger charge is 2.21. The molecular weight excluding hydrogens is 386 g/mol. The number of para-hydroxylation sites is 1. The summed E-state index contributed by atoms with van der Waals surface area (Å²) in [4.78, 5) is 29.7. The molecule has 0 radical (unpaired) electrons. The molecule has 0 amide bonds. The lowest BCUT2D eigenvalue weighted by molar-refractivity contribution is 0.559. The number of aromatic nitrogens is 2. The molecular formula is C19H10ClN3O3S. The van der Waals surface area contributed by atoms with Crippen molar-refractivity contribution >= 4 is 50.9 Å². The topological polar surface area (TPSA) is 77.5 Å². The normalized spacial score (nSPS) is 13.6. The van der Waals surface area contributed by atoms with Gasteiger partial charge in [-0.1, -0.05) is 35.5 Å². The predicted octanol–water partition coefficient (Wildman–Crippen LogP) is 3.51. The van der Waals surface area contributed by atoms with Crippen molar-refractivity contribution in [1.82, 2.24) is 9.66 Å². The van der Waals surface area contributed by atoms with Crippen molar-refractivity contribution in [3.63, 3.8) is 0 Å². The maximum Gasteiger partial charge on any atom is 0.345 e. The van der Waals surface area contributed by atoms with Crippen molar-refractivity contribution in [2.24, 2.45) is 5.10 Å². The van der Waals surface area contributed by atoms with Crippen LogP contribution in [-0.4, -0.2) is 21.1 Å². The summed E-state index contributed by atoms with van der Waals surface area (Å²) in [6, 6.07) is 13.8. The monoisotopic (exact) mass is 395 g/mol. The molecule has 27 heavy (non-hydrogen) atoms. The molecule has 0 spiro atoms. The van der Waals surface area contributed by atoms with Gasteiger partial charge in [0.2, 0.25) is 0 Å². The maximum atomic E-state index is 12.8. The average molecular weight is 396 g/mol. The molecule has 0 saturated heterocycles. The fraction of sp³-hybridized carbons (Fsp3) is 0.0526. The highest BCUT2D eigenvalue weighted by atomic mass is 35.5. The van der Waals surface area contributed by atoms with Crippen molar-refractivity contribution in [3.8, 4) is 0 Å². The van der Waals surface area contributed by atoms with E-state index in [9.17, 15) is 9.59 Å². The Kier molecular flexibility index (Phi) is 3.66. The number of rotatable bonds is 1. The molecule has 2 aromatic carbocycles. The molecule has 0 fully saturated rings. The second-order valence-corrected chi connectivity index (χ2v) is 7.37. The summed E-state index contributed by atoms with van der Waals surface area (Å²) < 4.78 is 6.63. The molecule has 2 aromatic heterocycles. The van der Waals surface area contributed by atoms with E-state index >= 15 is 0 Å². The summed E-state index contributed by atoms with van der Waals surface area (Å²) in [5.74, 6) is 0.404. The molecule has 0 aliphatic carbocycles. The van der Waals surface area contributed by atoms with Crippen LogP contribution in [0.2, 0.25) is 5.02 Å². The van der Waals surface area contributed by atoms with Gasteiger partial charge in [0, 0.05) is 16.2 Å². The Labute approximate surface area is 161 Å². The Balaban J connectivity index is 1.73. The molecule has 0 saturated carbocycles. The first kappa shape index (κ1) is 16.3. The molecule has 8 heteroatoms. The number of hydrogen-bond donors (Lipinski definition) is 0. The van der Waals surface area contributed by atoms with Crippen LogP contribution >= 0.6 is 23.4 Å². The van der Waals surface area contributed by atoms with Gasteiger partial charge < -0.3 is 4.42 Å². The van der Waals surface area contributed by atoms with E-state index in [1.165, 1.54) is 16.4 Å². The minimum atomic E-state index is -0.505. The van der Waals surface area contributed by atoms with Crippen LogP contribution in [0.1, 0.15) is 5.56 Å². The third-order valence-corrected chi connectivity index (χ3v) is 5.46. The Hall–Kier alpha value is -2.90. The number of halogens is 1. The number of fused-ring (bicyclic) bond motifs is 3. The zero-order chi connectivity index (χ0) is 18.5. The Morgan fingerprint density at radius 1 is 1.11 bits per heavy atom. The third-order valence-electron chi connectivity index (χ3n) is 4.29. The Morgan fingerprint density at radius 3 is 2.85 bits per heavy atom. The summed E-state index contributed by atoms with van der Waals surface area (Å²) in [5, 5.41) is 6.61. The van der Waals surface area contributed by atoms with Gasteiger partial charge in [0.05, 0.1) is 22.2 Å². The third kappa shape index (κ3) is 2.67. The molecule has 1 aliphatic heterocycles. The first-order valence-electron chi connectivity index (χ1n) is 8.06. The van der Waals surface area contributed by atoms with Crippen molar-refractivity contribution in [1.29, 1.82) is 0 Å². The number of thioether (sulfide) groups is 1. The van der Waals surface area contributed by atoms with Crippen LogP contribution in [0.3, 0.4) is 0 Å². The number of nitrogens with zero attached hydrogens (tertiary/aromatic N) is 3. The fourth-order valence-electron chi connectivity index (χ4n) is 2.99. The van der Waals surface area contributed by atoms with Gasteiger partial charge in [-0.25, -0.2) is 9.78 Å². The van der Waals surface area contributed by atoms with Gasteiger partial charge in [0.25, 0.3) is 5.56 Å². The molecule has 3 heterocycles. The molecule has 5 rings (SSSR count). The van der Waals surface area contributed by atoms with Gasteiger partial charge in [0.1, 0.15) is 5.58 Å². The van der Waals surface area contributed by atoms with Crippen LogP contribution in [0.4, 0.5) is 0 Å². The van der Waals surface area contributed by atoms with E-state index in [2.05, 4.69) is 10.1 Å². The van der Waals surface area contributed by atoms with Crippen LogP contribution < -0.4 is 11.2 Å². The van der Waals surface area contributed by atoms with E-state index in [1.54, 1.807) is 42.5 Å². The van der Waals surface area contributed by atoms with E-state index in [0.717, 1.165) is 0 Å². The smallest absolute Gasteiger partial charge is 0.345 e. The lowest BCUT2D eigenvalue weighted by Gasteiger charge is -2.15. The second kappa shape index (κ2) is 6.07. The van der Waals surface area contributed by atoms with Gasteiger partial charge in [-0.3, -0.25) is 4.79 Å². The van der Waals surface area contributed by atoms with Crippen LogP contribution in [0.25, 0.3) is 21.9 Å². The minimum Gasteiger partial charge on any atom is -0.422 e. The lowest BCUT2D eigenvalue weighted by Crippen LogP contribution is -2.28. The Morgan fingerprint density at radius 2 is 1.96 bits per heavy atom. The number of benzene rings is 2. The van der Waals surface area contributed by atoms with Gasteiger partial charge >= 0.3 is 5.63 Å². The van der Waals surface area contributed by atoms with Crippen molar-refractivity contribution in [2.75, 3.05) is 5.75 Å². The number of hydrogen-bond acceptors (Lipinski definition) is 6. The second-order valence-electron chi connectivity index (χ2n) is 5.99. The standard InChI is InChI=1S/C19H10ClN3O3S/c20-11-5-6-16-10(7-11)8-13(18(25)26-16)15-9-27-19-21-14-4-2-1-3-12(14)17(24)23(19)22-15/h1-8H,9H2. The van der Waals surface area contributed by atoms with Crippen LogP contribution in [0, 0.1) is 0 Å². The van der Waals surface area contributed by atoms with Gasteiger partial charge in [-0.15, -0.1) is 0 Å². The molecule has 132 valence electrons. The SMILES string of the molecule is O=c1oc2ccc(Cl)cc2cc1C1=Nn2c(nc3ccccc3c2=O)SC1. The molecule has 1 aliphatic rings. The van der Waals surface area contributed by atoms with Crippen LogP contribution in [-0.2, 0) is 0 Å². The lowest BCUT2D eigenvalue weighted by atomic mass is 10.1. The van der Waals surface area contributed by atoms with Crippen molar-refractivity contribution in [3.05, 3.63) is 79.9 Å². The fourth-order valence-corrected chi connectivity index (χ4v) is 4.06. The van der Waals surface area contributed by atoms with Crippen molar-refractivity contribution in [2.45, 2.75) is 5.16 Å². The maximum absolute atomic E-state index is 12.8. The zero-order valence-electron chi connectivity index (χ0n) is 13.7. The van der Waals surface area contributed by atoms with E-state index in [0.29, 0.717) is 49.1 Å². The van der Waals surface area contributed by atoms with Crippen LogP contribution in [0.5, 0.6) is 0 Å². The quantitative estimate of drug-likeness (QED) is 0.364. The first-order chi connectivity index (χ1) is 13.1. The Bertz CT molecular complexity index is 1390. The van der Waals surface area contributed by atoms with E-state index in [4.69, 9.17) is 16.0 Å². The molecule has 0 bridgehead atoms. The van der Waals surface area contributed by atoms with Crippen molar-refractivity contribution < 1.29 is 4.42 Å². The highest BCUT2D eigenvalue weighted by Crippen LogP contribution is 2.24.